The van der Waals surface area contributed by atoms with Gasteiger partial charge in [0.25, 0.3) is 0 Å². The molecular weight excluding hydrogens is 232 g/mol. The molecule has 0 N–H and O–H groups in total. The third kappa shape index (κ3) is 5.07. The molecule has 0 atom stereocenters. The molecule has 0 unspecified atom stereocenters. The first-order valence-electron chi connectivity index (χ1n) is 8.76. The van der Waals surface area contributed by atoms with Gasteiger partial charge in [0.05, 0.1) is 0 Å². The van der Waals surface area contributed by atoms with Gasteiger partial charge in [-0.15, -0.1) is 0 Å². The molecular formula is C17H34N2. The molecule has 112 valence electrons. The first-order valence-corrected chi connectivity index (χ1v) is 8.76. The van der Waals surface area contributed by atoms with Crippen LogP contribution in [0.1, 0.15) is 58.8 Å². The Morgan fingerprint density at radius 1 is 0.684 bits per heavy atom. The highest BCUT2D eigenvalue weighted by Crippen LogP contribution is 2.21. The average molecular weight is 266 g/mol. The van der Waals surface area contributed by atoms with E-state index in [-0.39, 0.29) is 0 Å². The molecule has 2 aliphatic heterocycles. The molecule has 2 saturated heterocycles. The maximum Gasteiger partial charge on any atom is -0.000654 e. The van der Waals surface area contributed by atoms with Gasteiger partial charge in [-0.25, -0.2) is 0 Å². The van der Waals surface area contributed by atoms with Crippen molar-refractivity contribution < 1.29 is 0 Å². The topological polar surface area (TPSA) is 6.48 Å². The van der Waals surface area contributed by atoms with Crippen LogP contribution in [0.25, 0.3) is 0 Å². The molecule has 0 radical (unpaired) electrons. The van der Waals surface area contributed by atoms with Gasteiger partial charge >= 0.3 is 0 Å². The third-order valence-corrected chi connectivity index (χ3v) is 5.52. The van der Waals surface area contributed by atoms with Crippen molar-refractivity contribution in [2.24, 2.45) is 11.8 Å². The Labute approximate surface area is 120 Å². The summed E-state index contributed by atoms with van der Waals surface area (Å²) in [4.78, 5) is 5.40. The van der Waals surface area contributed by atoms with Gasteiger partial charge in [-0.05, 0) is 83.2 Å². The number of nitrogens with zero attached hydrogens (tertiary/aromatic N) is 2. The Kier molecular flexibility index (Phi) is 6.66. The lowest BCUT2D eigenvalue weighted by Crippen LogP contribution is -2.38. The molecule has 2 fully saturated rings. The first kappa shape index (κ1) is 15.3. The van der Waals surface area contributed by atoms with Gasteiger partial charge < -0.3 is 9.80 Å². The highest BCUT2D eigenvalue weighted by Gasteiger charge is 2.19. The van der Waals surface area contributed by atoms with Gasteiger partial charge in [0.2, 0.25) is 0 Å². The fraction of sp³-hybridized carbons (Fsp3) is 1.00. The molecule has 0 spiro atoms. The van der Waals surface area contributed by atoms with Crippen molar-refractivity contribution in [2.75, 3.05) is 39.3 Å². The van der Waals surface area contributed by atoms with E-state index in [4.69, 9.17) is 0 Å². The van der Waals surface area contributed by atoms with E-state index in [0.717, 1.165) is 11.8 Å². The van der Waals surface area contributed by atoms with Gasteiger partial charge in [-0.3, -0.25) is 0 Å². The maximum atomic E-state index is 2.70. The number of hydrogen-bond donors (Lipinski definition) is 0. The Balaban J connectivity index is 1.53. The molecule has 2 rings (SSSR count). The van der Waals surface area contributed by atoms with Gasteiger partial charge in [-0.1, -0.05) is 26.7 Å². The summed E-state index contributed by atoms with van der Waals surface area (Å²) in [7, 11) is 0. The van der Waals surface area contributed by atoms with Crippen LogP contribution >= 0.6 is 0 Å². The Bertz CT molecular complexity index is 201. The first-order chi connectivity index (χ1) is 9.31. The second kappa shape index (κ2) is 8.26. The minimum absolute atomic E-state index is 1.02. The minimum atomic E-state index is 1.02. The van der Waals surface area contributed by atoms with Crippen molar-refractivity contribution in [2.45, 2.75) is 58.8 Å². The molecule has 0 amide bonds. The van der Waals surface area contributed by atoms with E-state index in [1.807, 2.05) is 0 Å². The average Bonchev–Trinajstić information content (AvgIpc) is 2.49. The summed E-state index contributed by atoms with van der Waals surface area (Å²) in [6, 6.07) is 0. The van der Waals surface area contributed by atoms with Gasteiger partial charge in [-0.2, -0.15) is 0 Å². The van der Waals surface area contributed by atoms with E-state index in [0.29, 0.717) is 0 Å². The summed E-state index contributed by atoms with van der Waals surface area (Å²) < 4.78 is 0. The highest BCUT2D eigenvalue weighted by atomic mass is 15.2. The fourth-order valence-electron chi connectivity index (χ4n) is 3.75. The second-order valence-corrected chi connectivity index (χ2v) is 6.74. The third-order valence-electron chi connectivity index (χ3n) is 5.52. The Hall–Kier alpha value is -0.0800. The number of likely N-dealkylation sites (tertiary alicyclic amines) is 2. The normalized spacial score (nSPS) is 24.9. The molecule has 0 aromatic carbocycles. The molecule has 0 bridgehead atoms. The monoisotopic (exact) mass is 266 g/mol. The molecule has 2 heteroatoms. The second-order valence-electron chi connectivity index (χ2n) is 6.74. The minimum Gasteiger partial charge on any atom is -0.303 e. The van der Waals surface area contributed by atoms with Crippen molar-refractivity contribution in [3.63, 3.8) is 0 Å². The lowest BCUT2D eigenvalue weighted by Gasteiger charge is -2.34. The zero-order chi connectivity index (χ0) is 13.5. The smallest absolute Gasteiger partial charge is 0.000654 e. The summed E-state index contributed by atoms with van der Waals surface area (Å²) in [5, 5.41) is 0. The zero-order valence-corrected chi connectivity index (χ0v) is 13.2. The Morgan fingerprint density at radius 3 is 1.37 bits per heavy atom. The SMILES string of the molecule is CCC1CCN(CCCN2CCC(CC)CC2)CC1. The summed E-state index contributed by atoms with van der Waals surface area (Å²) in [6.45, 7) is 12.8. The van der Waals surface area contributed by atoms with Crippen molar-refractivity contribution in [1.29, 1.82) is 0 Å². The molecule has 0 saturated carbocycles. The predicted octanol–water partition coefficient (Wildman–Crippen LogP) is 3.62. The fourth-order valence-corrected chi connectivity index (χ4v) is 3.75. The van der Waals surface area contributed by atoms with Crippen molar-refractivity contribution in [1.82, 2.24) is 9.80 Å². The van der Waals surface area contributed by atoms with E-state index in [1.165, 1.54) is 84.2 Å². The van der Waals surface area contributed by atoms with E-state index < -0.39 is 0 Å². The Morgan fingerprint density at radius 2 is 1.05 bits per heavy atom. The van der Waals surface area contributed by atoms with Crippen LogP contribution in [0, 0.1) is 11.8 Å². The van der Waals surface area contributed by atoms with Crippen molar-refractivity contribution in [3.8, 4) is 0 Å². The summed E-state index contributed by atoms with van der Waals surface area (Å²) in [5.74, 6) is 2.04. The molecule has 19 heavy (non-hydrogen) atoms. The molecule has 0 aliphatic carbocycles. The number of hydrogen-bond acceptors (Lipinski definition) is 2. The molecule has 2 aliphatic rings. The molecule has 2 heterocycles. The zero-order valence-electron chi connectivity index (χ0n) is 13.2. The summed E-state index contributed by atoms with van der Waals surface area (Å²) in [6.07, 6.45) is 9.93. The summed E-state index contributed by atoms with van der Waals surface area (Å²) in [5.41, 5.74) is 0. The van der Waals surface area contributed by atoms with E-state index >= 15 is 0 Å². The van der Waals surface area contributed by atoms with E-state index in [9.17, 15) is 0 Å². The van der Waals surface area contributed by atoms with Crippen molar-refractivity contribution in [3.05, 3.63) is 0 Å². The van der Waals surface area contributed by atoms with Crippen LogP contribution in [0.5, 0.6) is 0 Å². The van der Waals surface area contributed by atoms with Crippen LogP contribution in [-0.4, -0.2) is 49.1 Å². The molecule has 0 aromatic heterocycles. The van der Waals surface area contributed by atoms with Gasteiger partial charge in [0, 0.05) is 0 Å². The molecule has 0 aromatic rings. The van der Waals surface area contributed by atoms with Crippen LogP contribution in [0.15, 0.2) is 0 Å². The van der Waals surface area contributed by atoms with Crippen LogP contribution < -0.4 is 0 Å². The lowest BCUT2D eigenvalue weighted by atomic mass is 9.94. The summed E-state index contributed by atoms with van der Waals surface area (Å²) >= 11 is 0. The quantitative estimate of drug-likeness (QED) is 0.724. The van der Waals surface area contributed by atoms with Crippen LogP contribution in [0.4, 0.5) is 0 Å². The van der Waals surface area contributed by atoms with Crippen LogP contribution in [0.2, 0.25) is 0 Å². The number of rotatable bonds is 6. The van der Waals surface area contributed by atoms with Crippen LogP contribution in [-0.2, 0) is 0 Å². The lowest BCUT2D eigenvalue weighted by molar-refractivity contribution is 0.150. The predicted molar refractivity (Wildman–Crippen MR) is 83.5 cm³/mol. The van der Waals surface area contributed by atoms with Crippen molar-refractivity contribution >= 4 is 0 Å². The van der Waals surface area contributed by atoms with Gasteiger partial charge in [0.1, 0.15) is 0 Å². The van der Waals surface area contributed by atoms with E-state index in [2.05, 4.69) is 23.6 Å². The maximum absolute atomic E-state index is 2.70. The largest absolute Gasteiger partial charge is 0.303 e. The van der Waals surface area contributed by atoms with E-state index in [1.54, 1.807) is 0 Å². The standard InChI is InChI=1S/C17H34N2/c1-3-16-6-12-18(13-7-16)10-5-11-19-14-8-17(4-2)9-15-19/h16-17H,3-15H2,1-2H3. The van der Waals surface area contributed by atoms with Crippen LogP contribution in [0.3, 0.4) is 0 Å². The molecule has 2 nitrogen and oxygen atoms in total. The highest BCUT2D eigenvalue weighted by molar-refractivity contribution is 4.74. The number of piperidine rings is 2. The van der Waals surface area contributed by atoms with Gasteiger partial charge in [0.15, 0.2) is 0 Å².